The van der Waals surface area contributed by atoms with Crippen LogP contribution in [0.4, 0.5) is 28.4 Å². The molecule has 0 radical (unpaired) electrons. The van der Waals surface area contributed by atoms with Crippen LogP contribution in [0.3, 0.4) is 0 Å². The first-order chi connectivity index (χ1) is 27.6. The monoisotopic (exact) mass is 719 g/mol. The SMILES string of the molecule is CC12CCCCC1(C)N(c1ccccc1)c1ccc(-c3c(-c4ccccc4)c4cccc5c4n3B3c4ccccc4N(c4ccccc4)c4cccc-5c43)cc12. The highest BCUT2D eigenvalue weighted by Crippen LogP contribution is 2.61. The lowest BCUT2D eigenvalue weighted by molar-refractivity contribution is 0.195. The molecular formula is C52H42BN3. The zero-order valence-electron chi connectivity index (χ0n) is 31.9. The number of rotatable bonds is 4. The lowest BCUT2D eigenvalue weighted by atomic mass is 9.45. The minimum Gasteiger partial charge on any atom is -0.375 e. The summed E-state index contributed by atoms with van der Waals surface area (Å²) in [6.07, 6.45) is 4.88. The highest BCUT2D eigenvalue weighted by molar-refractivity contribution is 6.89. The van der Waals surface area contributed by atoms with Crippen LogP contribution in [0.25, 0.3) is 44.4 Å². The number of anilines is 5. The first-order valence-corrected chi connectivity index (χ1v) is 20.4. The summed E-state index contributed by atoms with van der Waals surface area (Å²) in [7, 11) is 0. The Kier molecular flexibility index (Phi) is 6.65. The van der Waals surface area contributed by atoms with Crippen LogP contribution in [-0.2, 0) is 5.41 Å². The molecule has 0 N–H and O–H groups in total. The summed E-state index contributed by atoms with van der Waals surface area (Å²) < 4.78 is 2.74. The predicted molar refractivity (Wildman–Crippen MR) is 236 cm³/mol. The zero-order valence-corrected chi connectivity index (χ0v) is 31.9. The maximum Gasteiger partial charge on any atom is 0.333 e. The second-order valence-electron chi connectivity index (χ2n) is 16.7. The molecule has 1 saturated carbocycles. The molecular weight excluding hydrogens is 677 g/mol. The van der Waals surface area contributed by atoms with Gasteiger partial charge in [-0.15, -0.1) is 0 Å². The van der Waals surface area contributed by atoms with Crippen molar-refractivity contribution in [2.24, 2.45) is 0 Å². The summed E-state index contributed by atoms with van der Waals surface area (Å²) in [5, 5.41) is 1.31. The molecule has 1 aliphatic carbocycles. The molecule has 1 aromatic heterocycles. The van der Waals surface area contributed by atoms with Crippen molar-refractivity contribution in [2.45, 2.75) is 50.5 Å². The lowest BCUT2D eigenvalue weighted by Gasteiger charge is -2.50. The Bertz CT molecular complexity index is 2860. The van der Waals surface area contributed by atoms with Crippen molar-refractivity contribution in [1.82, 2.24) is 4.48 Å². The van der Waals surface area contributed by atoms with E-state index in [1.807, 2.05) is 0 Å². The summed E-state index contributed by atoms with van der Waals surface area (Å²) >= 11 is 0. The molecule has 1 fully saturated rings. The Morgan fingerprint density at radius 1 is 0.536 bits per heavy atom. The maximum absolute atomic E-state index is 2.74. The standard InChI is InChI=1S/C52H42BN3/c1-51-32-14-15-33-52(51,2)55(38-22-10-5-11-23-38)44-31-30-36(34-42(44)51)49-47(35-18-6-3-7-19-35)41-26-16-25-40-39-24-17-29-46-48(39)53(56(49)50(40)41)43-27-12-13-28-45(43)54(46)37-20-8-4-9-21-37/h3-13,16-31,34H,14-15,32-33H2,1-2H3. The number of nitrogens with zero attached hydrogens (tertiary/aromatic N) is 3. The third-order valence-corrected chi connectivity index (χ3v) is 14.1. The van der Waals surface area contributed by atoms with Gasteiger partial charge in [0.15, 0.2) is 0 Å². The normalized spacial score (nSPS) is 20.1. The molecule has 0 saturated heterocycles. The molecule has 0 spiro atoms. The van der Waals surface area contributed by atoms with Crippen molar-refractivity contribution in [2.75, 3.05) is 9.80 Å². The summed E-state index contributed by atoms with van der Waals surface area (Å²) in [5.41, 5.74) is 19.6. The van der Waals surface area contributed by atoms with Gasteiger partial charge in [0, 0.05) is 61.6 Å². The minimum atomic E-state index is -0.0157. The molecule has 268 valence electrons. The highest BCUT2D eigenvalue weighted by atomic mass is 15.3. The molecule has 2 atom stereocenters. The van der Waals surface area contributed by atoms with Crippen molar-refractivity contribution in [1.29, 1.82) is 0 Å². The molecule has 2 unspecified atom stereocenters. The summed E-state index contributed by atoms with van der Waals surface area (Å²) in [5.74, 6) is 0. The van der Waals surface area contributed by atoms with E-state index >= 15 is 0 Å². The maximum atomic E-state index is 2.74. The first kappa shape index (κ1) is 32.0. The van der Waals surface area contributed by atoms with E-state index in [1.54, 1.807) is 0 Å². The molecule has 12 rings (SSSR count). The van der Waals surface area contributed by atoms with Gasteiger partial charge in [-0.25, -0.2) is 0 Å². The smallest absolute Gasteiger partial charge is 0.333 e. The van der Waals surface area contributed by atoms with Gasteiger partial charge in [-0.1, -0.05) is 141 Å². The molecule has 0 amide bonds. The second-order valence-corrected chi connectivity index (χ2v) is 16.7. The third-order valence-electron chi connectivity index (χ3n) is 14.1. The van der Waals surface area contributed by atoms with Crippen molar-refractivity contribution in [3.05, 3.63) is 175 Å². The fraction of sp³-hybridized carbons (Fsp3) is 0.154. The minimum absolute atomic E-state index is 0.00577. The van der Waals surface area contributed by atoms with E-state index < -0.39 is 0 Å². The predicted octanol–water partition coefficient (Wildman–Crippen LogP) is 12.1. The molecule has 3 aliphatic heterocycles. The van der Waals surface area contributed by atoms with Gasteiger partial charge in [0.1, 0.15) is 0 Å². The van der Waals surface area contributed by atoms with Crippen LogP contribution in [0, 0.1) is 0 Å². The average Bonchev–Trinajstić information content (AvgIpc) is 3.70. The number of hydrogen-bond acceptors (Lipinski definition) is 2. The molecule has 0 bridgehead atoms. The quantitative estimate of drug-likeness (QED) is 0.168. The molecule has 56 heavy (non-hydrogen) atoms. The van der Waals surface area contributed by atoms with Crippen LogP contribution in [0.15, 0.2) is 170 Å². The van der Waals surface area contributed by atoms with Gasteiger partial charge in [-0.2, -0.15) is 0 Å². The van der Waals surface area contributed by atoms with Crippen LogP contribution < -0.4 is 20.7 Å². The van der Waals surface area contributed by atoms with Crippen molar-refractivity contribution < 1.29 is 0 Å². The number of fused-ring (bicyclic) bond motifs is 7. The molecule has 4 heterocycles. The molecule has 4 heteroatoms. The van der Waals surface area contributed by atoms with E-state index in [1.165, 1.54) is 115 Å². The molecule has 3 nitrogen and oxygen atoms in total. The van der Waals surface area contributed by atoms with E-state index in [0.717, 1.165) is 0 Å². The number of para-hydroxylation sites is 4. The number of aromatic nitrogens is 1. The van der Waals surface area contributed by atoms with Gasteiger partial charge in [0.2, 0.25) is 0 Å². The largest absolute Gasteiger partial charge is 0.375 e. The van der Waals surface area contributed by atoms with Crippen molar-refractivity contribution in [3.63, 3.8) is 0 Å². The number of hydrogen-bond donors (Lipinski definition) is 0. The van der Waals surface area contributed by atoms with Crippen LogP contribution in [-0.4, -0.2) is 16.9 Å². The van der Waals surface area contributed by atoms with E-state index in [-0.39, 0.29) is 17.8 Å². The summed E-state index contributed by atoms with van der Waals surface area (Å²) in [4.78, 5) is 5.17. The Labute approximate surface area is 329 Å². The fourth-order valence-electron chi connectivity index (χ4n) is 11.5. The van der Waals surface area contributed by atoms with Gasteiger partial charge in [0.05, 0.1) is 5.54 Å². The van der Waals surface area contributed by atoms with E-state index in [4.69, 9.17) is 0 Å². The van der Waals surface area contributed by atoms with E-state index in [9.17, 15) is 0 Å². The third kappa shape index (κ3) is 4.09. The average molecular weight is 720 g/mol. The molecule has 7 aromatic carbocycles. The Balaban J connectivity index is 1.19. The number of benzene rings is 7. The zero-order chi connectivity index (χ0) is 37.2. The van der Waals surface area contributed by atoms with Gasteiger partial charge < -0.3 is 14.3 Å². The summed E-state index contributed by atoms with van der Waals surface area (Å²) in [6.45, 7) is 5.09. The van der Waals surface area contributed by atoms with E-state index in [0.29, 0.717) is 0 Å². The van der Waals surface area contributed by atoms with Crippen LogP contribution >= 0.6 is 0 Å². The highest BCUT2D eigenvalue weighted by Gasteiger charge is 2.57. The Morgan fingerprint density at radius 3 is 2.00 bits per heavy atom. The lowest BCUT2D eigenvalue weighted by Crippen LogP contribution is -2.56. The van der Waals surface area contributed by atoms with Gasteiger partial charge >= 0.3 is 6.85 Å². The second kappa shape index (κ2) is 11.6. The fourth-order valence-corrected chi connectivity index (χ4v) is 11.5. The summed E-state index contributed by atoms with van der Waals surface area (Å²) in [6, 6.07) is 63.7. The van der Waals surface area contributed by atoms with Gasteiger partial charge in [-0.3, -0.25) is 0 Å². The first-order valence-electron chi connectivity index (χ1n) is 20.4. The van der Waals surface area contributed by atoms with Gasteiger partial charge in [0.25, 0.3) is 0 Å². The van der Waals surface area contributed by atoms with Crippen molar-refractivity contribution in [3.8, 4) is 33.5 Å². The molecule has 4 aliphatic rings. The van der Waals surface area contributed by atoms with Gasteiger partial charge in [-0.05, 0) is 101 Å². The van der Waals surface area contributed by atoms with E-state index in [2.05, 4.69) is 198 Å². The van der Waals surface area contributed by atoms with Crippen LogP contribution in [0.1, 0.15) is 45.1 Å². The topological polar surface area (TPSA) is 11.4 Å². The van der Waals surface area contributed by atoms with Crippen LogP contribution in [0.5, 0.6) is 0 Å². The van der Waals surface area contributed by atoms with Crippen LogP contribution in [0.2, 0.25) is 0 Å². The Morgan fingerprint density at radius 2 is 1.20 bits per heavy atom. The molecule has 8 aromatic rings. The van der Waals surface area contributed by atoms with Crippen molar-refractivity contribution >= 4 is 57.1 Å². The Hall–Kier alpha value is -6.26.